The smallest absolute Gasteiger partial charge is 0.340 e. The monoisotopic (exact) mass is 186 g/mol. The van der Waals surface area contributed by atoms with E-state index in [0.717, 1.165) is 11.3 Å². The standard InChI is InChI=1S/C7H8NO3S/c1-2-11-7(10)6(9)5-3-8-4-12-5/h3,6,9H,2H2,1H3. The number of esters is 1. The third-order valence-electron chi connectivity index (χ3n) is 1.19. The molecule has 65 valence electrons. The Hall–Kier alpha value is -0.940. The minimum Gasteiger partial charge on any atom is -0.464 e. The molecule has 1 radical (unpaired) electrons. The highest BCUT2D eigenvalue weighted by Gasteiger charge is 2.19. The second-order valence-corrected chi connectivity index (χ2v) is 2.87. The first-order valence-corrected chi connectivity index (χ1v) is 4.23. The fraction of sp³-hybridized carbons (Fsp3) is 0.429. The van der Waals surface area contributed by atoms with E-state index in [0.29, 0.717) is 4.88 Å². The Bertz CT molecular complexity index is 247. The fourth-order valence-electron chi connectivity index (χ4n) is 0.659. The van der Waals surface area contributed by atoms with Crippen LogP contribution in [-0.4, -0.2) is 22.7 Å². The average Bonchev–Trinajstić information content (AvgIpc) is 2.55. The molecule has 4 nitrogen and oxygen atoms in total. The van der Waals surface area contributed by atoms with Crippen molar-refractivity contribution in [3.8, 4) is 0 Å². The maximum Gasteiger partial charge on any atom is 0.340 e. The lowest BCUT2D eigenvalue weighted by atomic mass is 10.3. The summed E-state index contributed by atoms with van der Waals surface area (Å²) in [6.07, 6.45) is 0.181. The summed E-state index contributed by atoms with van der Waals surface area (Å²) < 4.78 is 4.60. The second kappa shape index (κ2) is 4.18. The van der Waals surface area contributed by atoms with Gasteiger partial charge in [0, 0.05) is 6.20 Å². The van der Waals surface area contributed by atoms with E-state index in [1.165, 1.54) is 6.20 Å². The first-order chi connectivity index (χ1) is 5.75. The van der Waals surface area contributed by atoms with Crippen molar-refractivity contribution in [3.05, 3.63) is 16.6 Å². The van der Waals surface area contributed by atoms with Crippen LogP contribution >= 0.6 is 11.3 Å². The summed E-state index contributed by atoms with van der Waals surface area (Å²) in [4.78, 5) is 15.0. The van der Waals surface area contributed by atoms with Crippen molar-refractivity contribution < 1.29 is 14.6 Å². The van der Waals surface area contributed by atoms with Crippen LogP contribution in [-0.2, 0) is 9.53 Å². The van der Waals surface area contributed by atoms with Gasteiger partial charge in [0.25, 0.3) is 0 Å². The summed E-state index contributed by atoms with van der Waals surface area (Å²) in [6, 6.07) is 0. The summed E-state index contributed by atoms with van der Waals surface area (Å²) in [6.45, 7) is 1.95. The number of nitrogens with zero attached hydrogens (tertiary/aromatic N) is 1. The van der Waals surface area contributed by atoms with Crippen LogP contribution in [0, 0.1) is 5.51 Å². The molecule has 0 saturated carbocycles. The lowest BCUT2D eigenvalue weighted by Crippen LogP contribution is -2.14. The minimum absolute atomic E-state index is 0.262. The maximum atomic E-state index is 10.9. The Kier molecular flexibility index (Phi) is 3.19. The fourth-order valence-corrected chi connectivity index (χ4v) is 1.18. The summed E-state index contributed by atoms with van der Waals surface area (Å²) in [7, 11) is 0. The van der Waals surface area contributed by atoms with Gasteiger partial charge < -0.3 is 9.84 Å². The summed E-state index contributed by atoms with van der Waals surface area (Å²) in [5, 5.41) is 9.28. The van der Waals surface area contributed by atoms with Gasteiger partial charge in [0.2, 0.25) is 0 Å². The molecule has 1 atom stereocenters. The molecule has 1 heterocycles. The Labute approximate surface area is 73.8 Å². The molecule has 1 aromatic heterocycles. The van der Waals surface area contributed by atoms with Gasteiger partial charge in [-0.2, -0.15) is 0 Å². The zero-order valence-electron chi connectivity index (χ0n) is 6.48. The van der Waals surface area contributed by atoms with Crippen molar-refractivity contribution in [2.75, 3.05) is 6.61 Å². The van der Waals surface area contributed by atoms with Crippen LogP contribution in [0.5, 0.6) is 0 Å². The Morgan fingerprint density at radius 3 is 3.25 bits per heavy atom. The van der Waals surface area contributed by atoms with Crippen molar-refractivity contribution in [3.63, 3.8) is 0 Å². The number of hydrogen-bond acceptors (Lipinski definition) is 5. The molecule has 1 unspecified atom stereocenters. The highest BCUT2D eigenvalue weighted by molar-refractivity contribution is 7.09. The molecule has 0 fully saturated rings. The van der Waals surface area contributed by atoms with Crippen LogP contribution < -0.4 is 0 Å². The highest BCUT2D eigenvalue weighted by Crippen LogP contribution is 2.17. The molecule has 0 aliphatic rings. The van der Waals surface area contributed by atoms with E-state index in [-0.39, 0.29) is 6.61 Å². The molecular weight excluding hydrogens is 178 g/mol. The SMILES string of the molecule is CCOC(=O)C(O)c1cn[c]s1. The first-order valence-electron chi connectivity index (χ1n) is 3.42. The summed E-state index contributed by atoms with van der Waals surface area (Å²) in [5.74, 6) is -0.643. The lowest BCUT2D eigenvalue weighted by Gasteiger charge is -2.05. The van der Waals surface area contributed by atoms with Gasteiger partial charge in [-0.15, -0.1) is 11.3 Å². The number of aromatic nitrogens is 1. The molecular formula is C7H8NO3S. The van der Waals surface area contributed by atoms with Gasteiger partial charge in [0.05, 0.1) is 11.5 Å². The number of carbonyl (C=O) groups is 1. The van der Waals surface area contributed by atoms with Gasteiger partial charge >= 0.3 is 5.97 Å². The normalized spacial score (nSPS) is 12.5. The number of rotatable bonds is 3. The molecule has 5 heteroatoms. The van der Waals surface area contributed by atoms with Crippen molar-refractivity contribution in [1.82, 2.24) is 4.98 Å². The third-order valence-corrected chi connectivity index (χ3v) is 1.95. The molecule has 1 rings (SSSR count). The van der Waals surface area contributed by atoms with Crippen LogP contribution in [0.15, 0.2) is 6.20 Å². The first kappa shape index (κ1) is 9.15. The van der Waals surface area contributed by atoms with E-state index in [2.05, 4.69) is 15.2 Å². The Morgan fingerprint density at radius 1 is 2.00 bits per heavy atom. The highest BCUT2D eigenvalue weighted by atomic mass is 32.1. The number of hydrogen-bond donors (Lipinski definition) is 1. The predicted molar refractivity (Wildman–Crippen MR) is 42.5 cm³/mol. The number of thiazole rings is 1. The lowest BCUT2D eigenvalue weighted by molar-refractivity contribution is -0.153. The second-order valence-electron chi connectivity index (χ2n) is 2.01. The van der Waals surface area contributed by atoms with E-state index in [1.807, 2.05) is 0 Å². The van der Waals surface area contributed by atoms with Crippen molar-refractivity contribution in [2.45, 2.75) is 13.0 Å². The maximum absolute atomic E-state index is 10.9. The third kappa shape index (κ3) is 2.02. The van der Waals surface area contributed by atoms with Gasteiger partial charge in [-0.3, -0.25) is 0 Å². The van der Waals surface area contributed by atoms with E-state index in [4.69, 9.17) is 0 Å². The molecule has 0 aliphatic heterocycles. The number of ether oxygens (including phenoxy) is 1. The molecule has 0 bridgehead atoms. The quantitative estimate of drug-likeness (QED) is 0.700. The zero-order chi connectivity index (χ0) is 8.97. The van der Waals surface area contributed by atoms with E-state index >= 15 is 0 Å². The molecule has 1 N–H and O–H groups in total. The van der Waals surface area contributed by atoms with Gasteiger partial charge in [-0.05, 0) is 6.92 Å². The van der Waals surface area contributed by atoms with E-state index in [1.54, 1.807) is 6.92 Å². The molecule has 0 aromatic carbocycles. The summed E-state index contributed by atoms with van der Waals surface area (Å²) >= 11 is 1.10. The van der Waals surface area contributed by atoms with Gasteiger partial charge in [-0.25, -0.2) is 9.78 Å². The van der Waals surface area contributed by atoms with E-state index in [9.17, 15) is 9.90 Å². The Morgan fingerprint density at radius 2 is 2.75 bits per heavy atom. The van der Waals surface area contributed by atoms with Crippen molar-refractivity contribution in [1.29, 1.82) is 0 Å². The minimum atomic E-state index is -1.21. The van der Waals surface area contributed by atoms with Gasteiger partial charge in [-0.1, -0.05) is 0 Å². The summed E-state index contributed by atoms with van der Waals surface area (Å²) in [5.41, 5.74) is 2.53. The van der Waals surface area contributed by atoms with Crippen LogP contribution in [0.4, 0.5) is 0 Å². The molecule has 0 spiro atoms. The number of aliphatic hydroxyl groups excluding tert-OH is 1. The van der Waals surface area contributed by atoms with E-state index < -0.39 is 12.1 Å². The average molecular weight is 186 g/mol. The number of aliphatic hydroxyl groups is 1. The molecule has 1 aromatic rings. The molecule has 12 heavy (non-hydrogen) atoms. The number of carbonyl (C=O) groups excluding carboxylic acids is 1. The van der Waals surface area contributed by atoms with Crippen molar-refractivity contribution in [2.24, 2.45) is 0 Å². The topological polar surface area (TPSA) is 59.4 Å². The molecule has 0 saturated heterocycles. The van der Waals surface area contributed by atoms with Crippen LogP contribution in [0.1, 0.15) is 17.9 Å². The molecule has 0 aliphatic carbocycles. The predicted octanol–water partition coefficient (Wildman–Crippen LogP) is 0.540. The van der Waals surface area contributed by atoms with Crippen LogP contribution in [0.3, 0.4) is 0 Å². The van der Waals surface area contributed by atoms with Gasteiger partial charge in [0.15, 0.2) is 11.6 Å². The van der Waals surface area contributed by atoms with Crippen LogP contribution in [0.2, 0.25) is 0 Å². The molecule has 0 amide bonds. The Balaban J connectivity index is 2.59. The zero-order valence-corrected chi connectivity index (χ0v) is 7.30. The van der Waals surface area contributed by atoms with Gasteiger partial charge in [0.1, 0.15) is 0 Å². The van der Waals surface area contributed by atoms with Crippen molar-refractivity contribution >= 4 is 17.3 Å². The largest absolute Gasteiger partial charge is 0.464 e. The van der Waals surface area contributed by atoms with Crippen LogP contribution in [0.25, 0.3) is 0 Å².